The summed E-state index contributed by atoms with van der Waals surface area (Å²) in [5.41, 5.74) is 1.53. The zero-order chi connectivity index (χ0) is 16.8. The van der Waals surface area contributed by atoms with Crippen molar-refractivity contribution in [3.05, 3.63) is 24.1 Å². The Kier molecular flexibility index (Phi) is 4.88. The van der Waals surface area contributed by atoms with E-state index in [0.29, 0.717) is 22.7 Å². The molecule has 8 heteroatoms. The molecule has 1 aliphatic rings. The fourth-order valence-corrected chi connectivity index (χ4v) is 2.46. The molecule has 132 valence electrons. The molecule has 1 aliphatic heterocycles. The lowest BCUT2D eigenvalue weighted by molar-refractivity contribution is -0.118. The average molecular weight is 360 g/mol. The van der Waals surface area contributed by atoms with E-state index in [9.17, 15) is 13.6 Å². The van der Waals surface area contributed by atoms with Gasteiger partial charge in [-0.3, -0.25) is 10.1 Å². The van der Waals surface area contributed by atoms with Crippen LogP contribution in [0.25, 0.3) is 11.1 Å². The largest absolute Gasteiger partial charge is 0.440 e. The summed E-state index contributed by atoms with van der Waals surface area (Å²) < 4.78 is 32.0. The second-order valence-electron chi connectivity index (χ2n) is 6.93. The summed E-state index contributed by atoms with van der Waals surface area (Å²) in [5.74, 6) is -2.70. The maximum Gasteiger partial charge on any atom is 0.262 e. The molecule has 1 saturated heterocycles. The standard InChI is InChI=1S/C16H19F2N3O2.ClH/c1-15(2,3)14-21-10-6-9(4-5-12(10)23-14)20-13(22)11-7-16(17,18)8-19-11;/h4-6,11,19H,7-8H2,1-3H3,(H,20,22);1H. The van der Waals surface area contributed by atoms with Gasteiger partial charge in [-0.2, -0.15) is 0 Å². The number of hydrogen-bond donors (Lipinski definition) is 2. The molecular formula is C16H20ClF2N3O2. The summed E-state index contributed by atoms with van der Waals surface area (Å²) in [6.07, 6.45) is -0.487. The maximum absolute atomic E-state index is 13.2. The molecule has 0 bridgehead atoms. The van der Waals surface area contributed by atoms with E-state index in [-0.39, 0.29) is 17.8 Å². The van der Waals surface area contributed by atoms with E-state index in [0.717, 1.165) is 0 Å². The topological polar surface area (TPSA) is 67.2 Å². The van der Waals surface area contributed by atoms with Crippen LogP contribution in [0.1, 0.15) is 33.1 Å². The molecule has 1 aromatic heterocycles. The summed E-state index contributed by atoms with van der Waals surface area (Å²) in [5, 5.41) is 5.18. The highest BCUT2D eigenvalue weighted by molar-refractivity contribution is 5.96. The van der Waals surface area contributed by atoms with Gasteiger partial charge in [0.05, 0.1) is 12.6 Å². The van der Waals surface area contributed by atoms with Crippen LogP contribution in [0, 0.1) is 0 Å². The predicted octanol–water partition coefficient (Wildman–Crippen LogP) is 3.48. The summed E-state index contributed by atoms with van der Waals surface area (Å²) in [6.45, 7) is 5.51. The van der Waals surface area contributed by atoms with Gasteiger partial charge < -0.3 is 9.73 Å². The first-order valence-electron chi connectivity index (χ1n) is 7.47. The number of alkyl halides is 2. The SMILES string of the molecule is CC(C)(C)c1nc2cc(NC(=O)C3CC(F)(F)CN3)ccc2o1.Cl. The highest BCUT2D eigenvalue weighted by atomic mass is 35.5. The Morgan fingerprint density at radius 2 is 2.12 bits per heavy atom. The molecule has 2 N–H and O–H groups in total. The Morgan fingerprint density at radius 1 is 1.42 bits per heavy atom. The fourth-order valence-electron chi connectivity index (χ4n) is 2.46. The molecule has 1 aromatic carbocycles. The molecule has 1 atom stereocenters. The second-order valence-corrected chi connectivity index (χ2v) is 6.93. The molecule has 1 amide bonds. The van der Waals surface area contributed by atoms with Gasteiger partial charge in [-0.25, -0.2) is 13.8 Å². The number of carbonyl (C=O) groups is 1. The number of fused-ring (bicyclic) bond motifs is 1. The molecule has 5 nitrogen and oxygen atoms in total. The molecular weight excluding hydrogens is 340 g/mol. The number of oxazole rings is 1. The van der Waals surface area contributed by atoms with E-state index in [1.807, 2.05) is 20.8 Å². The number of halogens is 3. The van der Waals surface area contributed by atoms with Crippen molar-refractivity contribution in [1.82, 2.24) is 10.3 Å². The normalized spacial score (nSPS) is 20.0. The van der Waals surface area contributed by atoms with Gasteiger partial charge in [-0.15, -0.1) is 12.4 Å². The van der Waals surface area contributed by atoms with Gasteiger partial charge in [0, 0.05) is 17.5 Å². The predicted molar refractivity (Wildman–Crippen MR) is 89.9 cm³/mol. The molecule has 2 heterocycles. The van der Waals surface area contributed by atoms with Crippen molar-refractivity contribution in [3.63, 3.8) is 0 Å². The minimum absolute atomic E-state index is 0. The summed E-state index contributed by atoms with van der Waals surface area (Å²) in [4.78, 5) is 16.5. The Morgan fingerprint density at radius 3 is 2.71 bits per heavy atom. The summed E-state index contributed by atoms with van der Waals surface area (Å²) in [7, 11) is 0. The number of benzene rings is 1. The van der Waals surface area contributed by atoms with Gasteiger partial charge >= 0.3 is 0 Å². The zero-order valence-electron chi connectivity index (χ0n) is 13.7. The van der Waals surface area contributed by atoms with Gasteiger partial charge in [-0.1, -0.05) is 20.8 Å². The number of amides is 1. The van der Waals surface area contributed by atoms with Gasteiger partial charge in [0.2, 0.25) is 11.8 Å². The fraction of sp³-hybridized carbons (Fsp3) is 0.500. The van der Waals surface area contributed by atoms with E-state index in [1.165, 1.54) is 0 Å². The minimum atomic E-state index is -2.83. The molecule has 0 aliphatic carbocycles. The van der Waals surface area contributed by atoms with Crippen LogP contribution in [0.5, 0.6) is 0 Å². The van der Waals surface area contributed by atoms with Crippen molar-refractivity contribution in [2.24, 2.45) is 0 Å². The summed E-state index contributed by atoms with van der Waals surface area (Å²) in [6, 6.07) is 4.18. The van der Waals surface area contributed by atoms with Crippen LogP contribution in [0.4, 0.5) is 14.5 Å². The average Bonchev–Trinajstić information content (AvgIpc) is 3.01. The van der Waals surface area contributed by atoms with Gasteiger partial charge in [0.1, 0.15) is 5.52 Å². The number of carbonyl (C=O) groups excluding carboxylic acids is 1. The number of hydrogen-bond acceptors (Lipinski definition) is 4. The Bertz CT molecular complexity index is 755. The van der Waals surface area contributed by atoms with Gasteiger partial charge in [0.15, 0.2) is 5.58 Å². The van der Waals surface area contributed by atoms with Crippen LogP contribution < -0.4 is 10.6 Å². The quantitative estimate of drug-likeness (QED) is 0.861. The Balaban J connectivity index is 0.00000208. The van der Waals surface area contributed by atoms with Crippen molar-refractivity contribution >= 4 is 35.1 Å². The third-order valence-corrected chi connectivity index (χ3v) is 3.72. The molecule has 1 unspecified atom stereocenters. The second kappa shape index (κ2) is 6.29. The number of nitrogens with zero attached hydrogens (tertiary/aromatic N) is 1. The van der Waals surface area contributed by atoms with Gasteiger partial charge in [0.25, 0.3) is 5.92 Å². The molecule has 0 radical (unpaired) electrons. The molecule has 0 saturated carbocycles. The highest BCUT2D eigenvalue weighted by Gasteiger charge is 2.42. The lowest BCUT2D eigenvalue weighted by Gasteiger charge is -2.11. The van der Waals surface area contributed by atoms with Crippen LogP contribution in [-0.2, 0) is 10.2 Å². The van der Waals surface area contributed by atoms with Crippen molar-refractivity contribution in [3.8, 4) is 0 Å². The number of aromatic nitrogens is 1. The van der Waals surface area contributed by atoms with Crippen LogP contribution >= 0.6 is 12.4 Å². The number of rotatable bonds is 2. The number of anilines is 1. The Hall–Kier alpha value is -1.73. The lowest BCUT2D eigenvalue weighted by atomic mass is 9.97. The molecule has 24 heavy (non-hydrogen) atoms. The lowest BCUT2D eigenvalue weighted by Crippen LogP contribution is -2.35. The molecule has 2 aromatic rings. The van der Waals surface area contributed by atoms with Crippen molar-refractivity contribution < 1.29 is 18.0 Å². The molecule has 3 rings (SSSR count). The van der Waals surface area contributed by atoms with Crippen molar-refractivity contribution in [2.75, 3.05) is 11.9 Å². The van der Waals surface area contributed by atoms with E-state index in [4.69, 9.17) is 4.42 Å². The summed E-state index contributed by atoms with van der Waals surface area (Å²) >= 11 is 0. The van der Waals surface area contributed by atoms with Gasteiger partial charge in [-0.05, 0) is 18.2 Å². The Labute approximate surface area is 144 Å². The minimum Gasteiger partial charge on any atom is -0.440 e. The smallest absolute Gasteiger partial charge is 0.262 e. The highest BCUT2D eigenvalue weighted by Crippen LogP contribution is 2.28. The van der Waals surface area contributed by atoms with Crippen LogP contribution in [0.3, 0.4) is 0 Å². The molecule has 0 spiro atoms. The zero-order valence-corrected chi connectivity index (χ0v) is 14.5. The van der Waals surface area contributed by atoms with E-state index >= 15 is 0 Å². The first kappa shape index (κ1) is 18.6. The van der Waals surface area contributed by atoms with Crippen LogP contribution in [0.2, 0.25) is 0 Å². The van der Waals surface area contributed by atoms with E-state index in [2.05, 4.69) is 15.6 Å². The monoisotopic (exact) mass is 359 g/mol. The third kappa shape index (κ3) is 3.84. The number of nitrogens with one attached hydrogen (secondary N) is 2. The molecule has 1 fully saturated rings. The first-order chi connectivity index (χ1) is 10.6. The van der Waals surface area contributed by atoms with Crippen molar-refractivity contribution in [1.29, 1.82) is 0 Å². The maximum atomic E-state index is 13.2. The van der Waals surface area contributed by atoms with E-state index in [1.54, 1.807) is 18.2 Å². The first-order valence-corrected chi connectivity index (χ1v) is 7.47. The van der Waals surface area contributed by atoms with Crippen LogP contribution in [-0.4, -0.2) is 29.4 Å². The van der Waals surface area contributed by atoms with E-state index < -0.39 is 30.8 Å². The van der Waals surface area contributed by atoms with Crippen LogP contribution in [0.15, 0.2) is 22.6 Å². The third-order valence-electron chi connectivity index (χ3n) is 3.72. The van der Waals surface area contributed by atoms with Crippen molar-refractivity contribution in [2.45, 2.75) is 44.6 Å².